The maximum Gasteiger partial charge on any atom is 0.247 e. The predicted molar refractivity (Wildman–Crippen MR) is 104 cm³/mol. The van der Waals surface area contributed by atoms with Crippen LogP contribution in [0, 0.1) is 0 Å². The minimum absolute atomic E-state index is 0.197. The number of anilines is 1. The Morgan fingerprint density at radius 2 is 1.96 bits per heavy atom. The number of morpholine rings is 1. The molecule has 4 rings (SSSR count). The number of aromatic nitrogens is 2. The largest absolute Gasteiger partial charge is 0.492 e. The fraction of sp³-hybridized carbons (Fsp3) is 0.474. The molecule has 8 nitrogen and oxygen atoms in total. The zero-order valence-corrected chi connectivity index (χ0v) is 16.7. The van der Waals surface area contributed by atoms with E-state index in [1.165, 1.54) is 4.31 Å². The summed E-state index contributed by atoms with van der Waals surface area (Å²) in [7, 11) is -3.68. The normalized spacial score (nSPS) is 18.0. The second-order valence-electron chi connectivity index (χ2n) is 6.71. The van der Waals surface area contributed by atoms with Crippen molar-refractivity contribution in [3.8, 4) is 5.75 Å². The molecular weight excluding hydrogens is 380 g/mol. The molecule has 9 heteroatoms. The number of hydrogen-bond donors (Lipinski definition) is 0. The van der Waals surface area contributed by atoms with E-state index in [1.54, 1.807) is 24.3 Å². The lowest BCUT2D eigenvalue weighted by molar-refractivity contribution is 0.122. The van der Waals surface area contributed by atoms with Gasteiger partial charge < -0.3 is 14.4 Å². The molecule has 2 aliphatic rings. The molecule has 0 spiro atoms. The van der Waals surface area contributed by atoms with Crippen molar-refractivity contribution >= 4 is 16.0 Å². The summed E-state index contributed by atoms with van der Waals surface area (Å²) in [4.78, 5) is 11.4. The van der Waals surface area contributed by atoms with Crippen LogP contribution in [0.15, 0.2) is 35.4 Å². The highest BCUT2D eigenvalue weighted by Gasteiger charge is 2.32. The number of para-hydroxylation sites is 1. The van der Waals surface area contributed by atoms with Crippen molar-refractivity contribution in [2.24, 2.45) is 0 Å². The topological polar surface area (TPSA) is 84.9 Å². The van der Waals surface area contributed by atoms with Crippen molar-refractivity contribution in [2.75, 3.05) is 44.4 Å². The van der Waals surface area contributed by atoms with Crippen molar-refractivity contribution in [1.82, 2.24) is 14.3 Å². The van der Waals surface area contributed by atoms with Crippen LogP contribution >= 0.6 is 0 Å². The van der Waals surface area contributed by atoms with E-state index in [0.29, 0.717) is 44.5 Å². The first-order valence-corrected chi connectivity index (χ1v) is 10.9. The van der Waals surface area contributed by atoms with Gasteiger partial charge >= 0.3 is 0 Å². The van der Waals surface area contributed by atoms with E-state index >= 15 is 0 Å². The minimum Gasteiger partial charge on any atom is -0.492 e. The Bertz CT molecular complexity index is 945. The molecule has 3 heterocycles. The number of hydrogen-bond acceptors (Lipinski definition) is 7. The average Bonchev–Trinajstić information content (AvgIpc) is 2.74. The van der Waals surface area contributed by atoms with Crippen LogP contribution in [0.1, 0.15) is 18.2 Å². The zero-order valence-electron chi connectivity index (χ0n) is 15.9. The Morgan fingerprint density at radius 3 is 2.75 bits per heavy atom. The maximum atomic E-state index is 13.3. The van der Waals surface area contributed by atoms with Crippen LogP contribution in [0.3, 0.4) is 0 Å². The molecule has 1 fully saturated rings. The van der Waals surface area contributed by atoms with Crippen LogP contribution in [0.5, 0.6) is 5.75 Å². The van der Waals surface area contributed by atoms with Gasteiger partial charge in [-0.1, -0.05) is 12.1 Å². The predicted octanol–water partition coefficient (Wildman–Crippen LogP) is 1.46. The van der Waals surface area contributed by atoms with Crippen LogP contribution in [-0.4, -0.2) is 62.1 Å². The van der Waals surface area contributed by atoms with Crippen molar-refractivity contribution in [1.29, 1.82) is 0 Å². The zero-order chi connectivity index (χ0) is 19.6. The number of ether oxygens (including phenoxy) is 2. The van der Waals surface area contributed by atoms with Crippen LogP contribution in [-0.2, 0) is 27.7 Å². The van der Waals surface area contributed by atoms with Gasteiger partial charge in [0, 0.05) is 25.8 Å². The van der Waals surface area contributed by atoms with E-state index in [2.05, 4.69) is 14.9 Å². The summed E-state index contributed by atoms with van der Waals surface area (Å²) in [5, 5.41) is 0. The van der Waals surface area contributed by atoms with E-state index in [-0.39, 0.29) is 11.4 Å². The number of fused-ring (bicyclic) bond motifs is 1. The van der Waals surface area contributed by atoms with Crippen molar-refractivity contribution in [3.05, 3.63) is 41.7 Å². The lowest BCUT2D eigenvalue weighted by atomic mass is 10.1. The number of sulfonamides is 1. The molecule has 1 saturated heterocycles. The van der Waals surface area contributed by atoms with Gasteiger partial charge in [-0.3, -0.25) is 0 Å². The van der Waals surface area contributed by atoms with Gasteiger partial charge in [0.25, 0.3) is 0 Å². The number of benzene rings is 1. The van der Waals surface area contributed by atoms with Crippen LogP contribution in [0.25, 0.3) is 0 Å². The van der Waals surface area contributed by atoms with Gasteiger partial charge in [0.15, 0.2) is 0 Å². The molecule has 0 aliphatic carbocycles. The lowest BCUT2D eigenvalue weighted by Gasteiger charge is -2.30. The summed E-state index contributed by atoms with van der Waals surface area (Å²) < 4.78 is 38.9. The van der Waals surface area contributed by atoms with E-state index in [9.17, 15) is 8.42 Å². The van der Waals surface area contributed by atoms with Gasteiger partial charge in [-0.15, -0.1) is 0 Å². The minimum atomic E-state index is -3.68. The van der Waals surface area contributed by atoms with Gasteiger partial charge in [0.2, 0.25) is 16.0 Å². The quantitative estimate of drug-likeness (QED) is 0.746. The summed E-state index contributed by atoms with van der Waals surface area (Å²) >= 11 is 0. The molecule has 150 valence electrons. The molecular formula is C19H24N4O4S. The molecule has 2 aromatic rings. The third-order valence-corrected chi connectivity index (χ3v) is 6.84. The molecule has 0 radical (unpaired) electrons. The standard InChI is InChI=1S/C19H24N4O4S/c1-2-27-17-5-3-4-6-18(17)28(24,25)23-8-7-15-13-20-19(21-16(15)14-23)22-9-11-26-12-10-22/h3-6,13H,2,7-12,14H2,1H3. The molecule has 0 N–H and O–H groups in total. The summed E-state index contributed by atoms with van der Waals surface area (Å²) in [6.45, 7) is 5.65. The third-order valence-electron chi connectivity index (χ3n) is 4.96. The van der Waals surface area contributed by atoms with Gasteiger partial charge in [-0.2, -0.15) is 4.31 Å². The Morgan fingerprint density at radius 1 is 1.18 bits per heavy atom. The lowest BCUT2D eigenvalue weighted by Crippen LogP contribution is -2.39. The first kappa shape index (κ1) is 19.1. The van der Waals surface area contributed by atoms with Gasteiger partial charge in [-0.05, 0) is 31.0 Å². The highest BCUT2D eigenvalue weighted by Crippen LogP contribution is 2.30. The third kappa shape index (κ3) is 3.69. The first-order chi connectivity index (χ1) is 13.6. The highest BCUT2D eigenvalue weighted by atomic mass is 32.2. The fourth-order valence-electron chi connectivity index (χ4n) is 3.47. The monoisotopic (exact) mass is 404 g/mol. The van der Waals surface area contributed by atoms with E-state index < -0.39 is 10.0 Å². The van der Waals surface area contributed by atoms with Crippen LogP contribution in [0.2, 0.25) is 0 Å². The van der Waals surface area contributed by atoms with Crippen molar-refractivity contribution < 1.29 is 17.9 Å². The Labute approximate surface area is 165 Å². The van der Waals surface area contributed by atoms with E-state index in [4.69, 9.17) is 9.47 Å². The average molecular weight is 404 g/mol. The Hall–Kier alpha value is -2.23. The molecule has 2 aliphatic heterocycles. The number of rotatable bonds is 5. The van der Waals surface area contributed by atoms with Gasteiger partial charge in [-0.25, -0.2) is 18.4 Å². The Kier molecular flexibility index (Phi) is 5.47. The summed E-state index contributed by atoms with van der Waals surface area (Å²) in [6, 6.07) is 6.77. The molecule has 0 saturated carbocycles. The first-order valence-electron chi connectivity index (χ1n) is 9.49. The van der Waals surface area contributed by atoms with Gasteiger partial charge in [0.05, 0.1) is 32.1 Å². The van der Waals surface area contributed by atoms with E-state index in [0.717, 1.165) is 24.3 Å². The molecule has 28 heavy (non-hydrogen) atoms. The summed E-state index contributed by atoms with van der Waals surface area (Å²) in [5.74, 6) is 1.02. The molecule has 1 aromatic carbocycles. The van der Waals surface area contributed by atoms with E-state index in [1.807, 2.05) is 13.1 Å². The summed E-state index contributed by atoms with van der Waals surface area (Å²) in [6.07, 6.45) is 2.42. The molecule has 0 amide bonds. The smallest absolute Gasteiger partial charge is 0.247 e. The van der Waals surface area contributed by atoms with Gasteiger partial charge in [0.1, 0.15) is 10.6 Å². The highest BCUT2D eigenvalue weighted by molar-refractivity contribution is 7.89. The van der Waals surface area contributed by atoms with Crippen LogP contribution < -0.4 is 9.64 Å². The van der Waals surface area contributed by atoms with Crippen molar-refractivity contribution in [2.45, 2.75) is 24.8 Å². The summed E-state index contributed by atoms with van der Waals surface area (Å²) in [5.41, 5.74) is 1.77. The van der Waals surface area contributed by atoms with Crippen LogP contribution in [0.4, 0.5) is 5.95 Å². The SMILES string of the molecule is CCOc1ccccc1S(=O)(=O)N1CCc2cnc(N3CCOCC3)nc2C1. The molecule has 0 bridgehead atoms. The molecule has 0 unspecified atom stereocenters. The van der Waals surface area contributed by atoms with Crippen molar-refractivity contribution in [3.63, 3.8) is 0 Å². The second kappa shape index (κ2) is 8.02. The second-order valence-corrected chi connectivity index (χ2v) is 8.62. The fourth-order valence-corrected chi connectivity index (χ4v) is 5.00. The molecule has 0 atom stereocenters. The molecule has 1 aromatic heterocycles. The maximum absolute atomic E-state index is 13.3. The Balaban J connectivity index is 1.61. The number of nitrogens with zero attached hydrogens (tertiary/aromatic N) is 4.